The van der Waals surface area contributed by atoms with Crippen LogP contribution < -0.4 is 5.32 Å². The molecule has 0 radical (unpaired) electrons. The second kappa shape index (κ2) is 7.65. The van der Waals surface area contributed by atoms with Crippen molar-refractivity contribution in [2.24, 2.45) is 0 Å². The van der Waals surface area contributed by atoms with Crippen molar-refractivity contribution >= 4 is 22.8 Å². The van der Waals surface area contributed by atoms with E-state index in [9.17, 15) is 4.79 Å². The number of rotatable bonds is 6. The molecule has 7 nitrogen and oxygen atoms in total. The molecule has 5 rings (SSSR count). The van der Waals surface area contributed by atoms with Crippen LogP contribution in [0.2, 0.25) is 0 Å². The molecule has 3 aromatic heterocycles. The van der Waals surface area contributed by atoms with Crippen LogP contribution >= 0.6 is 0 Å². The van der Waals surface area contributed by atoms with Crippen molar-refractivity contribution in [1.29, 1.82) is 0 Å². The maximum Gasteiger partial charge on any atom is 0.247 e. The lowest BCUT2D eigenvalue weighted by atomic mass is 10.1. The normalized spacial score (nSPS) is 13.6. The number of aromatic nitrogens is 5. The first-order valence-electron chi connectivity index (χ1n) is 10.7. The number of hydrogen-bond acceptors (Lipinski definition) is 4. The highest BCUT2D eigenvalue weighted by Gasteiger charge is 2.27. The third-order valence-corrected chi connectivity index (χ3v) is 5.81. The van der Waals surface area contributed by atoms with Crippen LogP contribution in [0.5, 0.6) is 0 Å². The molecule has 0 atom stereocenters. The summed E-state index contributed by atoms with van der Waals surface area (Å²) in [7, 11) is 0. The third-order valence-electron chi connectivity index (χ3n) is 5.81. The first-order valence-corrected chi connectivity index (χ1v) is 10.7. The molecule has 0 unspecified atom stereocenters. The average molecular weight is 415 g/mol. The molecule has 0 aliphatic heterocycles. The van der Waals surface area contributed by atoms with E-state index in [4.69, 9.17) is 0 Å². The topological polar surface area (TPSA) is 77.6 Å². The van der Waals surface area contributed by atoms with Gasteiger partial charge in [-0.1, -0.05) is 29.8 Å². The summed E-state index contributed by atoms with van der Waals surface area (Å²) in [6.45, 7) is 6.83. The number of fused-ring (bicyclic) bond motifs is 1. The van der Waals surface area contributed by atoms with Gasteiger partial charge in [0.05, 0.1) is 12.2 Å². The number of pyridine rings is 1. The summed E-state index contributed by atoms with van der Waals surface area (Å²) in [5, 5.41) is 13.2. The van der Waals surface area contributed by atoms with Gasteiger partial charge >= 0.3 is 0 Å². The highest BCUT2D eigenvalue weighted by atomic mass is 16.2. The first-order chi connectivity index (χ1) is 15.0. The number of nitrogens with zero attached hydrogens (tertiary/aromatic N) is 5. The van der Waals surface area contributed by atoms with E-state index in [0.717, 1.165) is 22.4 Å². The summed E-state index contributed by atoms with van der Waals surface area (Å²) in [6.07, 6.45) is 4.26. The SMILES string of the molecule is Cc1cccc(Cn2nc(NC(=O)Cn3nc(C)c4c(C5CC5)ccnc43)cc2C)c1. The minimum Gasteiger partial charge on any atom is -0.308 e. The Hall–Kier alpha value is -3.48. The van der Waals surface area contributed by atoms with Gasteiger partial charge in [-0.25, -0.2) is 9.67 Å². The molecule has 1 fully saturated rings. The molecule has 0 saturated heterocycles. The lowest BCUT2D eigenvalue weighted by Crippen LogP contribution is -2.20. The molecule has 1 amide bonds. The van der Waals surface area contributed by atoms with Crippen molar-refractivity contribution in [3.63, 3.8) is 0 Å². The highest BCUT2D eigenvalue weighted by molar-refractivity contribution is 5.91. The fourth-order valence-corrected chi connectivity index (χ4v) is 4.19. The second-order valence-electron chi connectivity index (χ2n) is 8.48. The van der Waals surface area contributed by atoms with Crippen molar-refractivity contribution in [2.75, 3.05) is 5.32 Å². The molecule has 7 heteroatoms. The van der Waals surface area contributed by atoms with Crippen LogP contribution in [-0.4, -0.2) is 30.5 Å². The van der Waals surface area contributed by atoms with E-state index in [2.05, 4.69) is 51.7 Å². The Morgan fingerprint density at radius 3 is 2.71 bits per heavy atom. The van der Waals surface area contributed by atoms with Crippen LogP contribution in [0, 0.1) is 20.8 Å². The Labute approximate surface area is 181 Å². The number of nitrogens with one attached hydrogen (secondary N) is 1. The average Bonchev–Trinajstić information content (AvgIpc) is 3.45. The molecule has 1 aliphatic rings. The summed E-state index contributed by atoms with van der Waals surface area (Å²) in [4.78, 5) is 17.2. The van der Waals surface area contributed by atoms with E-state index in [0.29, 0.717) is 18.3 Å². The zero-order valence-corrected chi connectivity index (χ0v) is 18.1. The van der Waals surface area contributed by atoms with E-state index >= 15 is 0 Å². The molecular formula is C24H26N6O. The number of carbonyl (C=O) groups excluding carboxylic acids is 1. The van der Waals surface area contributed by atoms with Crippen molar-refractivity contribution < 1.29 is 4.79 Å². The predicted octanol–water partition coefficient (Wildman–Crippen LogP) is 4.12. The highest BCUT2D eigenvalue weighted by Crippen LogP contribution is 2.43. The first kappa shape index (κ1) is 19.5. The van der Waals surface area contributed by atoms with Gasteiger partial charge in [0, 0.05) is 23.3 Å². The summed E-state index contributed by atoms with van der Waals surface area (Å²) in [5.74, 6) is 0.995. The van der Waals surface area contributed by atoms with Crippen LogP contribution in [0.4, 0.5) is 5.82 Å². The second-order valence-corrected chi connectivity index (χ2v) is 8.48. The molecule has 1 saturated carbocycles. The maximum absolute atomic E-state index is 12.7. The Kier molecular flexibility index (Phi) is 4.81. The van der Waals surface area contributed by atoms with Gasteiger partial charge in [-0.15, -0.1) is 0 Å². The molecule has 1 aliphatic carbocycles. The summed E-state index contributed by atoms with van der Waals surface area (Å²) < 4.78 is 3.60. The monoisotopic (exact) mass is 414 g/mol. The van der Waals surface area contributed by atoms with E-state index in [-0.39, 0.29) is 12.5 Å². The van der Waals surface area contributed by atoms with Crippen molar-refractivity contribution in [1.82, 2.24) is 24.5 Å². The zero-order chi connectivity index (χ0) is 21.5. The van der Waals surface area contributed by atoms with E-state index in [1.807, 2.05) is 36.9 Å². The number of carbonyl (C=O) groups is 1. The zero-order valence-electron chi connectivity index (χ0n) is 18.1. The van der Waals surface area contributed by atoms with E-state index in [1.165, 1.54) is 29.5 Å². The van der Waals surface area contributed by atoms with Gasteiger partial charge in [0.15, 0.2) is 11.5 Å². The summed E-state index contributed by atoms with van der Waals surface area (Å²) in [6, 6.07) is 12.3. The molecule has 31 heavy (non-hydrogen) atoms. The molecule has 0 bridgehead atoms. The van der Waals surface area contributed by atoms with Gasteiger partial charge in [-0.2, -0.15) is 10.2 Å². The molecule has 1 aromatic carbocycles. The van der Waals surface area contributed by atoms with Crippen molar-refractivity contribution in [3.05, 3.63) is 70.7 Å². The summed E-state index contributed by atoms with van der Waals surface area (Å²) in [5.41, 5.74) is 6.40. The molecule has 1 N–H and O–H groups in total. The van der Waals surface area contributed by atoms with Gasteiger partial charge in [0.1, 0.15) is 6.54 Å². The standard InChI is InChI=1S/C24H26N6O/c1-15-5-4-6-18(11-15)13-29-16(2)12-21(28-29)26-22(31)14-30-24-23(17(3)27-30)20(9-10-25-24)19-7-8-19/h4-6,9-12,19H,7-8,13-14H2,1-3H3,(H,26,28,31). The van der Waals surface area contributed by atoms with E-state index < -0.39 is 0 Å². The van der Waals surface area contributed by atoms with Crippen molar-refractivity contribution in [2.45, 2.75) is 52.6 Å². The molecule has 4 aromatic rings. The number of aryl methyl sites for hydroxylation is 3. The fourth-order valence-electron chi connectivity index (χ4n) is 4.19. The molecule has 3 heterocycles. The summed E-state index contributed by atoms with van der Waals surface area (Å²) >= 11 is 0. The third kappa shape index (κ3) is 3.95. The Balaban J connectivity index is 1.32. The minimum atomic E-state index is -0.164. The lowest BCUT2D eigenvalue weighted by molar-refractivity contribution is -0.116. The van der Waals surface area contributed by atoms with Crippen LogP contribution in [0.3, 0.4) is 0 Å². The quantitative estimate of drug-likeness (QED) is 0.515. The maximum atomic E-state index is 12.7. The lowest BCUT2D eigenvalue weighted by Gasteiger charge is -2.06. The van der Waals surface area contributed by atoms with Crippen molar-refractivity contribution in [3.8, 4) is 0 Å². The van der Waals surface area contributed by atoms with Crippen LogP contribution in [0.15, 0.2) is 42.6 Å². The molecular weight excluding hydrogens is 388 g/mol. The number of amides is 1. The Bertz CT molecular complexity index is 1280. The smallest absolute Gasteiger partial charge is 0.247 e. The number of hydrogen-bond donors (Lipinski definition) is 1. The molecule has 158 valence electrons. The van der Waals surface area contributed by atoms with Crippen LogP contribution in [0.1, 0.15) is 46.8 Å². The van der Waals surface area contributed by atoms with Crippen LogP contribution in [-0.2, 0) is 17.9 Å². The predicted molar refractivity (Wildman–Crippen MR) is 120 cm³/mol. The largest absolute Gasteiger partial charge is 0.308 e. The minimum absolute atomic E-state index is 0.106. The Morgan fingerprint density at radius 1 is 1.10 bits per heavy atom. The van der Waals surface area contributed by atoms with Gasteiger partial charge in [-0.3, -0.25) is 9.48 Å². The number of benzene rings is 1. The number of anilines is 1. The van der Waals surface area contributed by atoms with Gasteiger partial charge < -0.3 is 5.32 Å². The molecule has 0 spiro atoms. The van der Waals surface area contributed by atoms with Gasteiger partial charge in [0.2, 0.25) is 5.91 Å². The van der Waals surface area contributed by atoms with Crippen LogP contribution in [0.25, 0.3) is 11.0 Å². The van der Waals surface area contributed by atoms with E-state index in [1.54, 1.807) is 4.68 Å². The van der Waals surface area contributed by atoms with Gasteiger partial charge in [0.25, 0.3) is 0 Å². The Morgan fingerprint density at radius 2 is 1.94 bits per heavy atom. The van der Waals surface area contributed by atoms with Gasteiger partial charge in [-0.05, 0) is 56.7 Å². The fraction of sp³-hybridized carbons (Fsp3) is 0.333.